The zero-order chi connectivity index (χ0) is 19.4. The third-order valence-corrected chi connectivity index (χ3v) is 6.39. The van der Waals surface area contributed by atoms with Gasteiger partial charge in [0.15, 0.2) is 0 Å². The minimum Gasteiger partial charge on any atom is -0.462 e. The van der Waals surface area contributed by atoms with E-state index in [9.17, 15) is 31.9 Å². The van der Waals surface area contributed by atoms with Crippen molar-refractivity contribution >= 4 is 22.1 Å². The van der Waals surface area contributed by atoms with E-state index in [2.05, 4.69) is 4.74 Å². The molecule has 26 heavy (non-hydrogen) atoms. The molecule has 0 aliphatic heterocycles. The first-order chi connectivity index (χ1) is 11.9. The summed E-state index contributed by atoms with van der Waals surface area (Å²) >= 11 is 0. The Bertz CT molecular complexity index is 705. The summed E-state index contributed by atoms with van der Waals surface area (Å²) in [4.78, 5) is 23.5. The lowest BCUT2D eigenvalue weighted by atomic mass is 9.48. The molecule has 0 aromatic rings. The highest BCUT2D eigenvalue weighted by molar-refractivity contribution is 7.87. The number of rotatable bonds is 6. The van der Waals surface area contributed by atoms with Gasteiger partial charge in [0, 0.05) is 0 Å². The van der Waals surface area contributed by atoms with Crippen molar-refractivity contribution in [2.75, 3.05) is 13.2 Å². The van der Waals surface area contributed by atoms with Crippen LogP contribution in [0.15, 0.2) is 0 Å². The highest BCUT2D eigenvalue weighted by Crippen LogP contribution is 2.61. The third-order valence-electron chi connectivity index (χ3n) is 5.57. The standard InChI is InChI=1S/C15H20F2O8S/c16-15(17,26(21,22)23)12(19)25-2-1-24-11(18)13-4-9-3-10(5-13)7-14(20,6-9)8-13/h9-10,20H,1-8H2,(H,21,22,23). The molecule has 0 aromatic carbocycles. The number of carbonyl (C=O) groups is 2. The summed E-state index contributed by atoms with van der Waals surface area (Å²) in [5.74, 6) is -2.51. The first kappa shape index (κ1) is 19.4. The summed E-state index contributed by atoms with van der Waals surface area (Å²) in [6, 6.07) is 0. The topological polar surface area (TPSA) is 127 Å². The number of alkyl halides is 2. The van der Waals surface area contributed by atoms with Crippen LogP contribution in [-0.2, 0) is 29.2 Å². The first-order valence-corrected chi connectivity index (χ1v) is 9.73. The zero-order valence-corrected chi connectivity index (χ0v) is 14.6. The van der Waals surface area contributed by atoms with E-state index in [1.54, 1.807) is 0 Å². The average Bonchev–Trinajstić information content (AvgIpc) is 2.47. The maximum Gasteiger partial charge on any atom is 0.465 e. The minimum absolute atomic E-state index is 0.250. The van der Waals surface area contributed by atoms with Gasteiger partial charge < -0.3 is 14.6 Å². The van der Waals surface area contributed by atoms with Crippen molar-refractivity contribution in [1.29, 1.82) is 0 Å². The smallest absolute Gasteiger partial charge is 0.462 e. The van der Waals surface area contributed by atoms with E-state index < -0.39 is 51.5 Å². The fourth-order valence-corrected chi connectivity index (χ4v) is 5.33. The van der Waals surface area contributed by atoms with Gasteiger partial charge in [-0.3, -0.25) is 9.35 Å². The molecule has 0 radical (unpaired) electrons. The third kappa shape index (κ3) is 3.31. The SMILES string of the molecule is O=C(OCCOC(=O)C(F)(F)S(=O)(=O)O)C12CC3CC(CC(O)(C3)C1)C2. The monoisotopic (exact) mass is 398 g/mol. The first-order valence-electron chi connectivity index (χ1n) is 8.29. The van der Waals surface area contributed by atoms with Crippen molar-refractivity contribution in [2.24, 2.45) is 17.3 Å². The average molecular weight is 398 g/mol. The summed E-state index contributed by atoms with van der Waals surface area (Å²) in [5, 5.41) is 5.50. The summed E-state index contributed by atoms with van der Waals surface area (Å²) in [5.41, 5.74) is -1.67. The van der Waals surface area contributed by atoms with Gasteiger partial charge in [-0.15, -0.1) is 0 Å². The van der Waals surface area contributed by atoms with Gasteiger partial charge in [-0.1, -0.05) is 0 Å². The Labute approximate surface area is 148 Å². The highest BCUT2D eigenvalue weighted by atomic mass is 32.2. The summed E-state index contributed by atoms with van der Waals surface area (Å²) in [6.07, 6.45) is 3.81. The molecular weight excluding hydrogens is 378 g/mol. The van der Waals surface area contributed by atoms with Crippen LogP contribution in [0.4, 0.5) is 8.78 Å². The summed E-state index contributed by atoms with van der Waals surface area (Å²) in [6.45, 7) is -1.30. The molecule has 0 amide bonds. The number of esters is 2. The molecule has 4 bridgehead atoms. The molecule has 4 aliphatic rings. The number of ether oxygens (including phenoxy) is 2. The predicted octanol–water partition coefficient (Wildman–Crippen LogP) is 0.885. The Hall–Kier alpha value is -1.33. The van der Waals surface area contributed by atoms with Crippen LogP contribution in [0.1, 0.15) is 38.5 Å². The van der Waals surface area contributed by atoms with Crippen LogP contribution in [0, 0.1) is 17.3 Å². The van der Waals surface area contributed by atoms with Crippen molar-refractivity contribution < 1.29 is 45.9 Å². The van der Waals surface area contributed by atoms with E-state index in [0.717, 1.165) is 6.42 Å². The van der Waals surface area contributed by atoms with Crippen LogP contribution in [-0.4, -0.2) is 54.1 Å². The van der Waals surface area contributed by atoms with E-state index in [1.165, 1.54) is 0 Å². The van der Waals surface area contributed by atoms with Gasteiger partial charge in [-0.2, -0.15) is 17.2 Å². The lowest BCUT2D eigenvalue weighted by molar-refractivity contribution is -0.197. The van der Waals surface area contributed by atoms with Crippen molar-refractivity contribution in [2.45, 2.75) is 49.4 Å². The lowest BCUT2D eigenvalue weighted by Crippen LogP contribution is -2.58. The predicted molar refractivity (Wildman–Crippen MR) is 80.5 cm³/mol. The maximum absolute atomic E-state index is 13.0. The molecule has 4 saturated carbocycles. The Balaban J connectivity index is 1.52. The minimum atomic E-state index is -5.94. The molecule has 0 heterocycles. The van der Waals surface area contributed by atoms with Crippen molar-refractivity contribution in [3.63, 3.8) is 0 Å². The largest absolute Gasteiger partial charge is 0.465 e. The van der Waals surface area contributed by atoms with Crippen LogP contribution in [0.25, 0.3) is 0 Å². The molecule has 4 aliphatic carbocycles. The fraction of sp³-hybridized carbons (Fsp3) is 0.867. The number of aliphatic hydroxyl groups is 1. The highest BCUT2D eigenvalue weighted by Gasteiger charge is 2.61. The molecule has 2 N–H and O–H groups in total. The van der Waals surface area contributed by atoms with Gasteiger partial charge in [-0.05, 0) is 50.4 Å². The molecule has 0 saturated heterocycles. The second-order valence-corrected chi connectivity index (χ2v) is 9.19. The number of hydrogen-bond acceptors (Lipinski definition) is 7. The molecule has 8 nitrogen and oxygen atoms in total. The lowest BCUT2D eigenvalue weighted by Gasteiger charge is -2.58. The van der Waals surface area contributed by atoms with E-state index in [-0.39, 0.29) is 11.8 Å². The molecule has 2 unspecified atom stereocenters. The molecule has 4 rings (SSSR count). The molecule has 0 spiro atoms. The molecule has 11 heteroatoms. The normalized spacial score (nSPS) is 36.0. The maximum atomic E-state index is 13.0. The second-order valence-electron chi connectivity index (χ2n) is 7.73. The van der Waals surface area contributed by atoms with Gasteiger partial charge in [0.1, 0.15) is 13.2 Å². The van der Waals surface area contributed by atoms with Crippen LogP contribution in [0.3, 0.4) is 0 Å². The summed E-state index contributed by atoms with van der Waals surface area (Å²) < 4.78 is 64.3. The zero-order valence-electron chi connectivity index (χ0n) is 13.8. The Kier molecular flexibility index (Phi) is 4.56. The molecule has 0 aromatic heterocycles. The molecule has 2 atom stereocenters. The van der Waals surface area contributed by atoms with Gasteiger partial charge in [0.25, 0.3) is 0 Å². The quantitative estimate of drug-likeness (QED) is 0.384. The van der Waals surface area contributed by atoms with E-state index in [4.69, 9.17) is 9.29 Å². The van der Waals surface area contributed by atoms with Gasteiger partial charge >= 0.3 is 27.3 Å². The number of hydrogen-bond donors (Lipinski definition) is 2. The number of carbonyl (C=O) groups excluding carboxylic acids is 2. The Morgan fingerprint density at radius 2 is 1.62 bits per heavy atom. The Morgan fingerprint density at radius 1 is 1.08 bits per heavy atom. The van der Waals surface area contributed by atoms with Gasteiger partial charge in [0.05, 0.1) is 11.0 Å². The molecule has 4 fully saturated rings. The van der Waals surface area contributed by atoms with E-state index in [1.807, 2.05) is 0 Å². The van der Waals surface area contributed by atoms with Crippen LogP contribution in [0.2, 0.25) is 0 Å². The Morgan fingerprint density at radius 3 is 2.12 bits per heavy atom. The number of halogens is 2. The van der Waals surface area contributed by atoms with Crippen LogP contribution < -0.4 is 0 Å². The van der Waals surface area contributed by atoms with E-state index in [0.29, 0.717) is 32.1 Å². The second kappa shape index (κ2) is 6.10. The fourth-order valence-electron chi connectivity index (χ4n) is 5.06. The van der Waals surface area contributed by atoms with Crippen molar-refractivity contribution in [1.82, 2.24) is 0 Å². The van der Waals surface area contributed by atoms with Crippen molar-refractivity contribution in [3.05, 3.63) is 0 Å². The van der Waals surface area contributed by atoms with Crippen molar-refractivity contribution in [3.8, 4) is 0 Å². The molecule has 148 valence electrons. The van der Waals surface area contributed by atoms with E-state index >= 15 is 0 Å². The van der Waals surface area contributed by atoms with Gasteiger partial charge in [-0.25, -0.2) is 4.79 Å². The molecular formula is C15H20F2O8S. The van der Waals surface area contributed by atoms with Crippen LogP contribution in [0.5, 0.6) is 0 Å². The summed E-state index contributed by atoms with van der Waals surface area (Å²) in [7, 11) is -5.94. The van der Waals surface area contributed by atoms with Gasteiger partial charge in [0.2, 0.25) is 0 Å². The van der Waals surface area contributed by atoms with Crippen LogP contribution >= 0.6 is 0 Å².